The first-order valence-electron chi connectivity index (χ1n) is 6.94. The van der Waals surface area contributed by atoms with Gasteiger partial charge < -0.3 is 16.2 Å². The highest BCUT2D eigenvalue weighted by Gasteiger charge is 2.18. The monoisotopic (exact) mass is 278 g/mol. The van der Waals surface area contributed by atoms with Gasteiger partial charge in [0.25, 0.3) is 0 Å². The van der Waals surface area contributed by atoms with E-state index in [1.165, 1.54) is 0 Å². The Bertz CT molecular complexity index is 490. The molecule has 1 atom stereocenters. The summed E-state index contributed by atoms with van der Waals surface area (Å²) < 4.78 is 0. The van der Waals surface area contributed by atoms with Gasteiger partial charge in [0.15, 0.2) is 0 Å². The largest absolute Gasteiger partial charge is 0.508 e. The van der Waals surface area contributed by atoms with Crippen LogP contribution in [0.2, 0.25) is 0 Å². The lowest BCUT2D eigenvalue weighted by molar-refractivity contribution is -0.116. The average Bonchev–Trinajstić information content (AvgIpc) is 2.22. The molecule has 20 heavy (non-hydrogen) atoms. The molecule has 1 unspecified atom stereocenters. The first-order valence-corrected chi connectivity index (χ1v) is 6.94. The number of carbonyl (C=O) groups is 1. The molecular formula is C16H26N2O2. The topological polar surface area (TPSA) is 75.4 Å². The zero-order valence-electron chi connectivity index (χ0n) is 13.1. The van der Waals surface area contributed by atoms with Crippen molar-refractivity contribution in [3.63, 3.8) is 0 Å². The van der Waals surface area contributed by atoms with E-state index >= 15 is 0 Å². The fourth-order valence-electron chi connectivity index (χ4n) is 2.23. The normalized spacial score (nSPS) is 13.1. The molecule has 4 nitrogen and oxygen atoms in total. The van der Waals surface area contributed by atoms with Crippen molar-refractivity contribution in [1.29, 1.82) is 0 Å². The van der Waals surface area contributed by atoms with Gasteiger partial charge in [-0.15, -0.1) is 0 Å². The van der Waals surface area contributed by atoms with E-state index in [0.717, 1.165) is 23.2 Å². The molecule has 0 spiro atoms. The molecule has 1 rings (SSSR count). The Morgan fingerprint density at radius 2 is 1.90 bits per heavy atom. The molecule has 0 saturated heterocycles. The second-order valence-electron chi connectivity index (χ2n) is 6.73. The fraction of sp³-hybridized carbons (Fsp3) is 0.562. The van der Waals surface area contributed by atoms with Crippen molar-refractivity contribution in [3.8, 4) is 5.75 Å². The number of nitrogens with one attached hydrogen (secondary N) is 1. The summed E-state index contributed by atoms with van der Waals surface area (Å²) in [7, 11) is 0. The predicted molar refractivity (Wildman–Crippen MR) is 82.9 cm³/mol. The third kappa shape index (κ3) is 5.21. The summed E-state index contributed by atoms with van der Waals surface area (Å²) in [6.07, 6.45) is 1.10. The Balaban J connectivity index is 2.65. The first-order chi connectivity index (χ1) is 9.08. The van der Waals surface area contributed by atoms with Crippen LogP contribution in [-0.4, -0.2) is 17.1 Å². The van der Waals surface area contributed by atoms with E-state index in [4.69, 9.17) is 5.73 Å². The Morgan fingerprint density at radius 3 is 2.45 bits per heavy atom. The maximum Gasteiger partial charge on any atom is 0.225 e. The van der Waals surface area contributed by atoms with Gasteiger partial charge in [-0.25, -0.2) is 0 Å². The Labute approximate surface area is 121 Å². The minimum Gasteiger partial charge on any atom is -0.508 e. The second kappa shape index (κ2) is 6.27. The second-order valence-corrected chi connectivity index (χ2v) is 6.73. The molecule has 0 heterocycles. The van der Waals surface area contributed by atoms with E-state index in [-0.39, 0.29) is 23.1 Å². The first kappa shape index (κ1) is 16.5. The number of aromatic hydroxyl groups is 1. The van der Waals surface area contributed by atoms with Crippen LogP contribution in [0.15, 0.2) is 12.1 Å². The Kier molecular flexibility index (Phi) is 5.17. The SMILES string of the molecule is Cc1cc(NC(=O)CC(N)CC(C)(C)C)c(C)cc1O. The van der Waals surface area contributed by atoms with E-state index in [1.807, 2.05) is 6.92 Å². The molecule has 1 amide bonds. The van der Waals surface area contributed by atoms with Gasteiger partial charge in [-0.05, 0) is 48.9 Å². The lowest BCUT2D eigenvalue weighted by Crippen LogP contribution is -2.31. The number of benzene rings is 1. The zero-order chi connectivity index (χ0) is 15.5. The number of hydrogen-bond acceptors (Lipinski definition) is 3. The van der Waals surface area contributed by atoms with E-state index in [0.29, 0.717) is 6.42 Å². The molecule has 0 aromatic heterocycles. The van der Waals surface area contributed by atoms with Crippen molar-refractivity contribution in [2.45, 2.75) is 53.5 Å². The number of phenolic OH excluding ortho intramolecular Hbond substituents is 1. The third-order valence-corrected chi connectivity index (χ3v) is 3.14. The maximum atomic E-state index is 12.0. The van der Waals surface area contributed by atoms with Crippen LogP contribution < -0.4 is 11.1 Å². The standard InChI is InChI=1S/C16H26N2O2/c1-10-7-14(19)11(2)6-13(10)18-15(20)8-12(17)9-16(3,4)5/h6-7,12,19H,8-9,17H2,1-5H3,(H,18,20). The number of nitrogens with two attached hydrogens (primary N) is 1. The third-order valence-electron chi connectivity index (χ3n) is 3.14. The van der Waals surface area contributed by atoms with Crippen molar-refractivity contribution < 1.29 is 9.90 Å². The molecule has 1 aromatic carbocycles. The number of amides is 1. The van der Waals surface area contributed by atoms with Gasteiger partial charge in [-0.2, -0.15) is 0 Å². The van der Waals surface area contributed by atoms with Gasteiger partial charge in [0.05, 0.1) is 0 Å². The van der Waals surface area contributed by atoms with Crippen molar-refractivity contribution in [3.05, 3.63) is 23.3 Å². The summed E-state index contributed by atoms with van der Waals surface area (Å²) in [5, 5.41) is 12.5. The molecule has 0 aliphatic heterocycles. The van der Waals surface area contributed by atoms with Gasteiger partial charge in [0.2, 0.25) is 5.91 Å². The van der Waals surface area contributed by atoms with Gasteiger partial charge in [-0.1, -0.05) is 20.8 Å². The Morgan fingerprint density at radius 1 is 1.30 bits per heavy atom. The van der Waals surface area contributed by atoms with Crippen LogP contribution in [0.1, 0.15) is 44.7 Å². The summed E-state index contributed by atoms with van der Waals surface area (Å²) in [6.45, 7) is 9.98. The van der Waals surface area contributed by atoms with Gasteiger partial charge >= 0.3 is 0 Å². The molecule has 0 aliphatic rings. The minimum atomic E-state index is -0.145. The van der Waals surface area contributed by atoms with Crippen LogP contribution in [-0.2, 0) is 4.79 Å². The molecule has 1 aromatic rings. The van der Waals surface area contributed by atoms with Gasteiger partial charge in [0.1, 0.15) is 5.75 Å². The highest BCUT2D eigenvalue weighted by molar-refractivity contribution is 5.92. The molecule has 0 fully saturated rings. The number of phenols is 1. The van der Waals surface area contributed by atoms with Crippen LogP contribution in [0.3, 0.4) is 0 Å². The predicted octanol–water partition coefficient (Wildman–Crippen LogP) is 3.10. The zero-order valence-corrected chi connectivity index (χ0v) is 13.1. The van der Waals surface area contributed by atoms with E-state index in [1.54, 1.807) is 19.1 Å². The molecule has 0 radical (unpaired) electrons. The van der Waals surface area contributed by atoms with Crippen molar-refractivity contribution in [2.24, 2.45) is 11.1 Å². The van der Waals surface area contributed by atoms with Gasteiger partial charge in [0, 0.05) is 18.2 Å². The lowest BCUT2D eigenvalue weighted by Gasteiger charge is -2.22. The number of anilines is 1. The van der Waals surface area contributed by atoms with E-state index in [9.17, 15) is 9.90 Å². The molecule has 0 saturated carbocycles. The molecule has 4 heteroatoms. The van der Waals surface area contributed by atoms with E-state index in [2.05, 4.69) is 26.1 Å². The van der Waals surface area contributed by atoms with Crippen LogP contribution in [0, 0.1) is 19.3 Å². The van der Waals surface area contributed by atoms with Crippen LogP contribution in [0.5, 0.6) is 5.75 Å². The quantitative estimate of drug-likeness (QED) is 0.741. The summed E-state index contributed by atoms with van der Waals surface area (Å²) in [4.78, 5) is 12.0. The van der Waals surface area contributed by atoms with Crippen molar-refractivity contribution in [2.75, 3.05) is 5.32 Å². The van der Waals surface area contributed by atoms with Crippen LogP contribution in [0.25, 0.3) is 0 Å². The number of carbonyl (C=O) groups excluding carboxylic acids is 1. The van der Waals surface area contributed by atoms with Crippen molar-refractivity contribution in [1.82, 2.24) is 0 Å². The van der Waals surface area contributed by atoms with Crippen molar-refractivity contribution >= 4 is 11.6 Å². The molecule has 0 aliphatic carbocycles. The molecule has 112 valence electrons. The summed E-state index contributed by atoms with van der Waals surface area (Å²) in [5.41, 5.74) is 8.43. The molecule has 4 N–H and O–H groups in total. The van der Waals surface area contributed by atoms with E-state index < -0.39 is 0 Å². The summed E-state index contributed by atoms with van der Waals surface area (Å²) in [6, 6.07) is 3.28. The van der Waals surface area contributed by atoms with Gasteiger partial charge in [-0.3, -0.25) is 4.79 Å². The Hall–Kier alpha value is -1.55. The molecular weight excluding hydrogens is 252 g/mol. The fourth-order valence-corrected chi connectivity index (χ4v) is 2.23. The number of rotatable bonds is 4. The van der Waals surface area contributed by atoms with Crippen LogP contribution in [0.4, 0.5) is 5.69 Å². The highest BCUT2D eigenvalue weighted by atomic mass is 16.3. The molecule has 0 bridgehead atoms. The summed E-state index contributed by atoms with van der Waals surface area (Å²) >= 11 is 0. The number of aryl methyl sites for hydroxylation is 2. The van der Waals surface area contributed by atoms with Crippen LogP contribution >= 0.6 is 0 Å². The minimum absolute atomic E-state index is 0.0880. The smallest absolute Gasteiger partial charge is 0.225 e. The lowest BCUT2D eigenvalue weighted by atomic mass is 9.87. The average molecular weight is 278 g/mol. The number of hydrogen-bond donors (Lipinski definition) is 3. The summed E-state index contributed by atoms with van der Waals surface area (Å²) in [5.74, 6) is 0.153. The highest BCUT2D eigenvalue weighted by Crippen LogP contribution is 2.25. The maximum absolute atomic E-state index is 12.0.